The second-order valence-corrected chi connectivity index (χ2v) is 3.93. The molecular formula is C11H8F2N4O3. The number of aromatic nitrogens is 2. The van der Waals surface area contributed by atoms with Gasteiger partial charge in [0.15, 0.2) is 5.82 Å². The highest BCUT2D eigenvalue weighted by atomic mass is 19.1. The number of aromatic amines is 1. The van der Waals surface area contributed by atoms with Gasteiger partial charge in [0.2, 0.25) is 5.82 Å². The van der Waals surface area contributed by atoms with Crippen molar-refractivity contribution in [3.05, 3.63) is 51.2 Å². The van der Waals surface area contributed by atoms with Crippen LogP contribution in [-0.2, 0) is 0 Å². The van der Waals surface area contributed by atoms with E-state index in [0.717, 1.165) is 0 Å². The van der Waals surface area contributed by atoms with Gasteiger partial charge in [-0.15, -0.1) is 0 Å². The van der Waals surface area contributed by atoms with Gasteiger partial charge < -0.3 is 5.32 Å². The number of rotatable bonds is 3. The summed E-state index contributed by atoms with van der Waals surface area (Å²) >= 11 is 0. The van der Waals surface area contributed by atoms with Crippen LogP contribution in [0.4, 0.5) is 20.3 Å². The molecule has 9 heteroatoms. The van der Waals surface area contributed by atoms with Gasteiger partial charge in [-0.1, -0.05) is 0 Å². The Morgan fingerprint density at radius 1 is 1.35 bits per heavy atom. The minimum atomic E-state index is -1.29. The first kappa shape index (κ1) is 13.6. The van der Waals surface area contributed by atoms with E-state index in [1.165, 1.54) is 6.07 Å². The number of halogens is 2. The molecule has 0 radical (unpaired) electrons. The van der Waals surface area contributed by atoms with Crippen molar-refractivity contribution in [2.45, 2.75) is 6.92 Å². The number of H-pyrrole nitrogens is 1. The Hall–Kier alpha value is -2.84. The normalized spacial score (nSPS) is 10.3. The van der Waals surface area contributed by atoms with Crippen LogP contribution in [0.1, 0.15) is 16.1 Å². The fourth-order valence-electron chi connectivity index (χ4n) is 1.52. The van der Waals surface area contributed by atoms with Gasteiger partial charge in [0.1, 0.15) is 5.82 Å². The minimum Gasteiger partial charge on any atom is -0.305 e. The Bertz CT molecular complexity index is 699. The quantitative estimate of drug-likeness (QED) is 0.665. The summed E-state index contributed by atoms with van der Waals surface area (Å²) in [6.07, 6.45) is 0. The molecule has 0 aliphatic rings. The van der Waals surface area contributed by atoms with Crippen molar-refractivity contribution in [1.82, 2.24) is 10.2 Å². The van der Waals surface area contributed by atoms with E-state index in [9.17, 15) is 23.7 Å². The van der Waals surface area contributed by atoms with E-state index in [1.54, 1.807) is 6.92 Å². The molecule has 2 rings (SSSR count). The number of carbonyl (C=O) groups is 1. The molecule has 1 aromatic heterocycles. The van der Waals surface area contributed by atoms with Gasteiger partial charge in [0, 0.05) is 11.8 Å². The van der Waals surface area contributed by atoms with Crippen LogP contribution in [0, 0.1) is 28.7 Å². The first-order chi connectivity index (χ1) is 9.38. The minimum absolute atomic E-state index is 0.130. The topological polar surface area (TPSA) is 101 Å². The molecule has 2 aromatic rings. The number of nitro groups is 1. The Balaban J connectivity index is 2.30. The van der Waals surface area contributed by atoms with Gasteiger partial charge in [0.05, 0.1) is 16.6 Å². The summed E-state index contributed by atoms with van der Waals surface area (Å²) in [6, 6.07) is 2.32. The van der Waals surface area contributed by atoms with Crippen LogP contribution in [0.25, 0.3) is 0 Å². The van der Waals surface area contributed by atoms with Gasteiger partial charge >= 0.3 is 5.69 Å². The maximum atomic E-state index is 13.6. The average Bonchev–Trinajstić information content (AvgIpc) is 2.76. The van der Waals surface area contributed by atoms with Crippen molar-refractivity contribution >= 4 is 17.4 Å². The second kappa shape index (κ2) is 5.03. The maximum absolute atomic E-state index is 13.6. The molecule has 0 saturated carbocycles. The number of carbonyl (C=O) groups excluding carboxylic acids is 1. The van der Waals surface area contributed by atoms with Gasteiger partial charge in [0.25, 0.3) is 5.91 Å². The molecule has 1 heterocycles. The third kappa shape index (κ3) is 2.60. The molecule has 0 bridgehead atoms. The number of nitrogens with zero attached hydrogens (tertiary/aromatic N) is 2. The number of nitro benzene ring substituents is 1. The van der Waals surface area contributed by atoms with Crippen LogP contribution in [0.15, 0.2) is 18.2 Å². The lowest BCUT2D eigenvalue weighted by molar-refractivity contribution is -0.387. The van der Waals surface area contributed by atoms with Crippen LogP contribution in [0.3, 0.4) is 0 Å². The SMILES string of the molecule is Cc1cc(NC(=O)c2cc(F)c([N+](=O)[O-])cc2F)n[nH]1. The first-order valence-corrected chi connectivity index (χ1v) is 5.35. The average molecular weight is 282 g/mol. The molecule has 1 amide bonds. The molecule has 0 atom stereocenters. The fourth-order valence-corrected chi connectivity index (χ4v) is 1.52. The van der Waals surface area contributed by atoms with Crippen LogP contribution in [0.2, 0.25) is 0 Å². The molecule has 0 aliphatic heterocycles. The van der Waals surface area contributed by atoms with Crippen LogP contribution >= 0.6 is 0 Å². The molecule has 0 spiro atoms. The van der Waals surface area contributed by atoms with Crippen molar-refractivity contribution in [2.24, 2.45) is 0 Å². The fraction of sp³-hybridized carbons (Fsp3) is 0.0909. The van der Waals surface area contributed by atoms with Crippen LogP contribution < -0.4 is 5.32 Å². The van der Waals surface area contributed by atoms with Gasteiger partial charge in [-0.25, -0.2) is 4.39 Å². The number of hydrogen-bond acceptors (Lipinski definition) is 4. The number of nitrogens with one attached hydrogen (secondary N) is 2. The van der Waals surface area contributed by atoms with Crippen molar-refractivity contribution < 1.29 is 18.5 Å². The van der Waals surface area contributed by atoms with E-state index < -0.39 is 33.7 Å². The van der Waals surface area contributed by atoms with Gasteiger partial charge in [-0.05, 0) is 13.0 Å². The zero-order valence-corrected chi connectivity index (χ0v) is 10.1. The number of benzene rings is 1. The molecule has 2 N–H and O–H groups in total. The third-order valence-corrected chi connectivity index (χ3v) is 2.43. The number of hydrogen-bond donors (Lipinski definition) is 2. The Morgan fingerprint density at radius 3 is 2.60 bits per heavy atom. The second-order valence-electron chi connectivity index (χ2n) is 3.93. The summed E-state index contributed by atoms with van der Waals surface area (Å²) in [7, 11) is 0. The van der Waals surface area contributed by atoms with Crippen LogP contribution in [0.5, 0.6) is 0 Å². The van der Waals surface area contributed by atoms with Crippen molar-refractivity contribution in [1.29, 1.82) is 0 Å². The smallest absolute Gasteiger partial charge is 0.305 e. The van der Waals surface area contributed by atoms with E-state index >= 15 is 0 Å². The van der Waals surface area contributed by atoms with E-state index in [-0.39, 0.29) is 5.82 Å². The highest BCUT2D eigenvalue weighted by molar-refractivity contribution is 6.04. The molecule has 1 aromatic carbocycles. The van der Waals surface area contributed by atoms with Crippen LogP contribution in [-0.4, -0.2) is 21.0 Å². The Kier molecular flexibility index (Phi) is 3.42. The first-order valence-electron chi connectivity index (χ1n) is 5.35. The number of aryl methyl sites for hydroxylation is 1. The Morgan fingerprint density at radius 2 is 2.05 bits per heavy atom. The predicted molar refractivity (Wildman–Crippen MR) is 64.3 cm³/mol. The predicted octanol–water partition coefficient (Wildman–Crippen LogP) is 2.16. The Labute approximate surface area is 110 Å². The maximum Gasteiger partial charge on any atom is 0.307 e. The lowest BCUT2D eigenvalue weighted by atomic mass is 10.1. The monoisotopic (exact) mass is 282 g/mol. The molecule has 20 heavy (non-hydrogen) atoms. The summed E-state index contributed by atoms with van der Waals surface area (Å²) in [4.78, 5) is 21.1. The molecule has 104 valence electrons. The van der Waals surface area contributed by atoms with Crippen molar-refractivity contribution in [3.63, 3.8) is 0 Å². The highest BCUT2D eigenvalue weighted by Crippen LogP contribution is 2.22. The summed E-state index contributed by atoms with van der Waals surface area (Å²) in [5.74, 6) is -3.31. The highest BCUT2D eigenvalue weighted by Gasteiger charge is 2.22. The lowest BCUT2D eigenvalue weighted by Gasteiger charge is -2.04. The van der Waals surface area contributed by atoms with Gasteiger partial charge in [-0.2, -0.15) is 9.49 Å². The number of anilines is 1. The molecule has 0 fully saturated rings. The molecule has 0 aliphatic carbocycles. The van der Waals surface area contributed by atoms with Crippen molar-refractivity contribution in [2.75, 3.05) is 5.32 Å². The summed E-state index contributed by atoms with van der Waals surface area (Å²) in [5, 5.41) is 18.9. The lowest BCUT2D eigenvalue weighted by Crippen LogP contribution is -2.15. The van der Waals surface area contributed by atoms with E-state index in [1.807, 2.05) is 0 Å². The summed E-state index contributed by atoms with van der Waals surface area (Å²) in [6.45, 7) is 1.69. The van der Waals surface area contributed by atoms with Gasteiger partial charge in [-0.3, -0.25) is 20.0 Å². The summed E-state index contributed by atoms with van der Waals surface area (Å²) in [5.41, 5.74) is -1.01. The summed E-state index contributed by atoms with van der Waals surface area (Å²) < 4.78 is 27.0. The zero-order valence-electron chi connectivity index (χ0n) is 10.1. The standard InChI is InChI=1S/C11H8F2N4O3/c1-5-2-10(16-15-5)14-11(18)6-3-8(13)9(17(19)20)4-7(6)12/h2-4H,1H3,(H2,14,15,16,18). The van der Waals surface area contributed by atoms with E-state index in [2.05, 4.69) is 15.5 Å². The largest absolute Gasteiger partial charge is 0.307 e. The molecule has 0 saturated heterocycles. The molecular weight excluding hydrogens is 274 g/mol. The zero-order chi connectivity index (χ0) is 14.9. The van der Waals surface area contributed by atoms with Crippen molar-refractivity contribution in [3.8, 4) is 0 Å². The van der Waals surface area contributed by atoms with E-state index in [4.69, 9.17) is 0 Å². The third-order valence-electron chi connectivity index (χ3n) is 2.43. The molecule has 0 unspecified atom stereocenters. The number of amides is 1. The molecule has 7 nitrogen and oxygen atoms in total. The van der Waals surface area contributed by atoms with E-state index in [0.29, 0.717) is 17.8 Å².